The Morgan fingerprint density at radius 1 is 1.30 bits per heavy atom. The molecule has 1 atom stereocenters. The number of likely N-dealkylation sites (N-methyl/N-ethyl adjacent to an activating group) is 1. The largest absolute Gasteiger partial charge is 0.491 e. The number of nitrogens with zero attached hydrogens (tertiary/aromatic N) is 3. The number of halogens is 2. The van der Waals surface area contributed by atoms with Gasteiger partial charge >= 0.3 is 6.55 Å². The number of aliphatic hydroxyl groups is 1. The molecule has 23 heavy (non-hydrogen) atoms. The summed E-state index contributed by atoms with van der Waals surface area (Å²) in [5.41, 5.74) is 1.13. The number of hydrogen-bond donors (Lipinski definition) is 1. The Bertz CT molecular complexity index is 602. The van der Waals surface area contributed by atoms with Gasteiger partial charge in [-0.2, -0.15) is 8.78 Å². The van der Waals surface area contributed by atoms with Crippen molar-refractivity contribution in [1.82, 2.24) is 14.5 Å². The topological polar surface area (TPSA) is 50.5 Å². The summed E-state index contributed by atoms with van der Waals surface area (Å²) in [6, 6.07) is 7.53. The van der Waals surface area contributed by atoms with E-state index >= 15 is 0 Å². The molecular weight excluding hydrogens is 304 g/mol. The highest BCUT2D eigenvalue weighted by Crippen LogP contribution is 2.14. The fourth-order valence-electron chi connectivity index (χ4n) is 2.19. The van der Waals surface area contributed by atoms with Gasteiger partial charge in [0, 0.05) is 18.9 Å². The van der Waals surface area contributed by atoms with Crippen LogP contribution in [0.5, 0.6) is 5.75 Å². The zero-order chi connectivity index (χ0) is 16.8. The molecule has 0 aliphatic rings. The van der Waals surface area contributed by atoms with Gasteiger partial charge < -0.3 is 9.84 Å². The summed E-state index contributed by atoms with van der Waals surface area (Å²) in [6.07, 6.45) is 1.85. The molecule has 0 aliphatic carbocycles. The van der Waals surface area contributed by atoms with Gasteiger partial charge in [-0.25, -0.2) is 4.98 Å². The van der Waals surface area contributed by atoms with Crippen LogP contribution in [0.2, 0.25) is 0 Å². The third-order valence-electron chi connectivity index (χ3n) is 3.36. The predicted molar refractivity (Wildman–Crippen MR) is 82.5 cm³/mol. The van der Waals surface area contributed by atoms with Crippen molar-refractivity contribution in [2.75, 3.05) is 20.2 Å². The molecule has 1 heterocycles. The standard InChI is InChI=1S/C16H21F2N3O2/c1-12-3-5-14(6-4-12)23-11-13(22)9-20(2)10-15-19-7-8-21(15)16(17)18/h3-8,13,16,22H,9-11H2,1-2H3. The minimum absolute atomic E-state index is 0.136. The van der Waals surface area contributed by atoms with E-state index in [2.05, 4.69) is 4.98 Å². The summed E-state index contributed by atoms with van der Waals surface area (Å²) in [4.78, 5) is 5.64. The Hall–Kier alpha value is -1.99. The molecule has 1 unspecified atom stereocenters. The van der Waals surface area contributed by atoms with Crippen molar-refractivity contribution in [3.63, 3.8) is 0 Å². The molecule has 0 aliphatic heterocycles. The summed E-state index contributed by atoms with van der Waals surface area (Å²) in [7, 11) is 1.74. The van der Waals surface area contributed by atoms with E-state index in [9.17, 15) is 13.9 Å². The van der Waals surface area contributed by atoms with Gasteiger partial charge in [-0.15, -0.1) is 0 Å². The van der Waals surface area contributed by atoms with E-state index in [-0.39, 0.29) is 19.0 Å². The SMILES string of the molecule is Cc1ccc(OCC(O)CN(C)Cc2nccn2C(F)F)cc1. The Morgan fingerprint density at radius 3 is 2.65 bits per heavy atom. The summed E-state index contributed by atoms with van der Waals surface area (Å²) in [5, 5.41) is 10.0. The van der Waals surface area contributed by atoms with Crippen LogP contribution in [0.15, 0.2) is 36.7 Å². The maximum absolute atomic E-state index is 12.7. The predicted octanol–water partition coefficient (Wildman–Crippen LogP) is 2.46. The zero-order valence-corrected chi connectivity index (χ0v) is 13.2. The first-order valence-electron chi connectivity index (χ1n) is 7.31. The van der Waals surface area contributed by atoms with Crippen LogP contribution < -0.4 is 4.74 Å². The average molecular weight is 325 g/mol. The summed E-state index contributed by atoms with van der Waals surface area (Å²) < 4.78 is 31.8. The van der Waals surface area contributed by atoms with Crippen molar-refractivity contribution in [3.05, 3.63) is 48.0 Å². The van der Waals surface area contributed by atoms with Crippen LogP contribution in [-0.2, 0) is 6.54 Å². The highest BCUT2D eigenvalue weighted by atomic mass is 19.3. The lowest BCUT2D eigenvalue weighted by atomic mass is 10.2. The highest BCUT2D eigenvalue weighted by Gasteiger charge is 2.15. The molecule has 7 heteroatoms. The molecule has 0 saturated heterocycles. The molecule has 0 bridgehead atoms. The molecule has 0 saturated carbocycles. The number of alkyl halides is 2. The quantitative estimate of drug-likeness (QED) is 0.810. The molecule has 1 aromatic carbocycles. The summed E-state index contributed by atoms with van der Waals surface area (Å²) >= 11 is 0. The van der Waals surface area contributed by atoms with Gasteiger partial charge in [-0.1, -0.05) is 17.7 Å². The second-order valence-electron chi connectivity index (χ2n) is 5.50. The molecule has 1 N–H and O–H groups in total. The van der Waals surface area contributed by atoms with E-state index in [1.165, 1.54) is 12.4 Å². The highest BCUT2D eigenvalue weighted by molar-refractivity contribution is 5.26. The average Bonchev–Trinajstić information content (AvgIpc) is 2.94. The zero-order valence-electron chi connectivity index (χ0n) is 13.2. The molecule has 2 rings (SSSR count). The first-order chi connectivity index (χ1) is 11.0. The number of aromatic nitrogens is 2. The normalized spacial score (nSPS) is 12.8. The minimum atomic E-state index is -2.62. The molecule has 1 aromatic heterocycles. The smallest absolute Gasteiger partial charge is 0.319 e. The Kier molecular flexibility index (Phi) is 6.06. The second-order valence-corrected chi connectivity index (χ2v) is 5.50. The minimum Gasteiger partial charge on any atom is -0.491 e. The number of hydrogen-bond acceptors (Lipinski definition) is 4. The summed E-state index contributed by atoms with van der Waals surface area (Å²) in [5.74, 6) is 0.944. The van der Waals surface area contributed by atoms with Gasteiger partial charge in [-0.3, -0.25) is 9.47 Å². The van der Waals surface area contributed by atoms with Crippen molar-refractivity contribution in [2.45, 2.75) is 26.1 Å². The van der Waals surface area contributed by atoms with Gasteiger partial charge in [0.15, 0.2) is 0 Å². The monoisotopic (exact) mass is 325 g/mol. The lowest BCUT2D eigenvalue weighted by Gasteiger charge is -2.21. The van der Waals surface area contributed by atoms with Crippen LogP contribution in [-0.4, -0.2) is 45.9 Å². The number of aliphatic hydroxyl groups excluding tert-OH is 1. The fourth-order valence-corrected chi connectivity index (χ4v) is 2.19. The third-order valence-corrected chi connectivity index (χ3v) is 3.36. The van der Waals surface area contributed by atoms with Crippen LogP contribution in [0.1, 0.15) is 17.9 Å². The van der Waals surface area contributed by atoms with E-state index in [4.69, 9.17) is 4.74 Å². The van der Waals surface area contributed by atoms with Crippen molar-refractivity contribution in [1.29, 1.82) is 0 Å². The number of rotatable bonds is 8. The maximum Gasteiger partial charge on any atom is 0.319 e. The molecule has 0 radical (unpaired) electrons. The van der Waals surface area contributed by atoms with Gasteiger partial charge in [-0.05, 0) is 26.1 Å². The number of imidazole rings is 1. The molecule has 5 nitrogen and oxygen atoms in total. The van der Waals surface area contributed by atoms with Crippen LogP contribution in [0.25, 0.3) is 0 Å². The molecule has 2 aromatic rings. The third kappa shape index (κ3) is 5.30. The maximum atomic E-state index is 12.7. The fraction of sp³-hybridized carbons (Fsp3) is 0.438. The number of ether oxygens (including phenoxy) is 1. The van der Waals surface area contributed by atoms with E-state index < -0.39 is 12.7 Å². The Morgan fingerprint density at radius 2 is 2.00 bits per heavy atom. The van der Waals surface area contributed by atoms with Crippen molar-refractivity contribution in [3.8, 4) is 5.75 Å². The van der Waals surface area contributed by atoms with Crippen LogP contribution in [0.4, 0.5) is 8.78 Å². The lowest BCUT2D eigenvalue weighted by Crippen LogP contribution is -2.33. The van der Waals surface area contributed by atoms with E-state index in [0.29, 0.717) is 12.3 Å². The lowest BCUT2D eigenvalue weighted by molar-refractivity contribution is 0.0572. The first kappa shape index (κ1) is 17.4. The molecule has 126 valence electrons. The van der Waals surface area contributed by atoms with E-state index in [0.717, 1.165) is 10.1 Å². The van der Waals surface area contributed by atoms with Gasteiger partial charge in [0.2, 0.25) is 0 Å². The summed E-state index contributed by atoms with van der Waals surface area (Å²) in [6.45, 7) is 0.0183. The molecular formula is C16H21F2N3O2. The number of benzene rings is 1. The van der Waals surface area contributed by atoms with Crippen LogP contribution >= 0.6 is 0 Å². The van der Waals surface area contributed by atoms with Crippen molar-refractivity contribution in [2.24, 2.45) is 0 Å². The van der Waals surface area contributed by atoms with Crippen molar-refractivity contribution >= 4 is 0 Å². The van der Waals surface area contributed by atoms with Gasteiger partial charge in [0.25, 0.3) is 0 Å². The van der Waals surface area contributed by atoms with Crippen LogP contribution in [0, 0.1) is 6.92 Å². The van der Waals surface area contributed by atoms with E-state index in [1.54, 1.807) is 11.9 Å². The van der Waals surface area contributed by atoms with E-state index in [1.807, 2.05) is 31.2 Å². The van der Waals surface area contributed by atoms with Gasteiger partial charge in [0.1, 0.15) is 24.3 Å². The van der Waals surface area contributed by atoms with Crippen molar-refractivity contribution < 1.29 is 18.6 Å². The van der Waals surface area contributed by atoms with Crippen LogP contribution in [0.3, 0.4) is 0 Å². The molecule has 0 fully saturated rings. The Balaban J connectivity index is 1.79. The molecule has 0 spiro atoms. The molecule has 0 amide bonds. The Labute approximate surface area is 134 Å². The first-order valence-corrected chi connectivity index (χ1v) is 7.31. The van der Waals surface area contributed by atoms with Gasteiger partial charge in [0.05, 0.1) is 6.54 Å². The number of aryl methyl sites for hydroxylation is 1. The second kappa shape index (κ2) is 8.03.